The van der Waals surface area contributed by atoms with Crippen molar-refractivity contribution in [3.63, 3.8) is 0 Å². The molecule has 0 radical (unpaired) electrons. The lowest BCUT2D eigenvalue weighted by Gasteiger charge is -2.10. The Balaban J connectivity index is 1.59. The molecule has 33 heavy (non-hydrogen) atoms. The van der Waals surface area contributed by atoms with Gasteiger partial charge in [-0.2, -0.15) is 0 Å². The lowest BCUT2D eigenvalue weighted by atomic mass is 10.2. The number of ether oxygens (including phenoxy) is 1. The normalized spacial score (nSPS) is 10.5. The van der Waals surface area contributed by atoms with Crippen LogP contribution in [0.4, 0.5) is 15.8 Å². The number of halogens is 2. The van der Waals surface area contributed by atoms with Crippen molar-refractivity contribution in [2.45, 2.75) is 0 Å². The van der Waals surface area contributed by atoms with Crippen LogP contribution in [-0.2, 0) is 4.79 Å². The molecule has 0 aliphatic heterocycles. The molecule has 0 saturated carbocycles. The number of para-hydroxylation sites is 1. The fraction of sp³-hybridized carbons (Fsp3) is 0.0417. The van der Waals surface area contributed by atoms with Gasteiger partial charge in [-0.15, -0.1) is 0 Å². The van der Waals surface area contributed by atoms with Crippen LogP contribution in [0.5, 0.6) is 5.75 Å². The molecule has 0 aliphatic carbocycles. The van der Waals surface area contributed by atoms with Gasteiger partial charge < -0.3 is 15.4 Å². The molecule has 0 bridgehead atoms. The van der Waals surface area contributed by atoms with Crippen molar-refractivity contribution in [1.29, 1.82) is 0 Å². The van der Waals surface area contributed by atoms with E-state index in [-0.39, 0.29) is 10.1 Å². The monoisotopic (exact) mass is 483 g/mol. The van der Waals surface area contributed by atoms with E-state index in [0.717, 1.165) is 5.56 Å². The molecule has 3 aromatic rings. The van der Waals surface area contributed by atoms with Gasteiger partial charge in [-0.25, -0.2) is 4.39 Å². The van der Waals surface area contributed by atoms with Crippen molar-refractivity contribution in [3.8, 4) is 5.75 Å². The first-order valence-electron chi connectivity index (χ1n) is 9.65. The molecule has 0 fully saturated rings. The first-order valence-corrected chi connectivity index (χ1v) is 10.4. The molecule has 0 unspecified atom stereocenters. The van der Waals surface area contributed by atoms with E-state index < -0.39 is 17.6 Å². The van der Waals surface area contributed by atoms with E-state index in [1.54, 1.807) is 43.5 Å². The predicted molar refractivity (Wildman–Crippen MR) is 132 cm³/mol. The van der Waals surface area contributed by atoms with Crippen molar-refractivity contribution in [1.82, 2.24) is 5.32 Å². The fourth-order valence-corrected chi connectivity index (χ4v) is 3.20. The third-order valence-electron chi connectivity index (χ3n) is 4.35. The van der Waals surface area contributed by atoms with Crippen molar-refractivity contribution >= 4 is 58.2 Å². The summed E-state index contributed by atoms with van der Waals surface area (Å²) >= 11 is 10.9. The average Bonchev–Trinajstić information content (AvgIpc) is 2.80. The van der Waals surface area contributed by atoms with E-state index in [1.165, 1.54) is 24.3 Å². The molecular formula is C24H19ClFN3O3S. The summed E-state index contributed by atoms with van der Waals surface area (Å²) in [5, 5.41) is 8.01. The smallest absolute Gasteiger partial charge is 0.255 e. The Kier molecular flexibility index (Phi) is 8.12. The fourth-order valence-electron chi connectivity index (χ4n) is 2.80. The van der Waals surface area contributed by atoms with Gasteiger partial charge in [-0.1, -0.05) is 35.9 Å². The Morgan fingerprint density at radius 3 is 2.52 bits per heavy atom. The minimum absolute atomic E-state index is 0.0625. The zero-order valence-corrected chi connectivity index (χ0v) is 19.0. The first-order chi connectivity index (χ1) is 15.9. The molecular weight excluding hydrogens is 465 g/mol. The summed E-state index contributed by atoms with van der Waals surface area (Å²) in [6.07, 6.45) is 2.95. The number of thiocarbonyl (C=S) groups is 1. The maximum Gasteiger partial charge on any atom is 0.255 e. The van der Waals surface area contributed by atoms with Gasteiger partial charge >= 0.3 is 0 Å². The van der Waals surface area contributed by atoms with Crippen LogP contribution in [0.3, 0.4) is 0 Å². The Labute approximate surface area is 200 Å². The van der Waals surface area contributed by atoms with E-state index in [0.29, 0.717) is 22.7 Å². The van der Waals surface area contributed by atoms with E-state index in [4.69, 9.17) is 28.6 Å². The summed E-state index contributed by atoms with van der Waals surface area (Å²) in [6.45, 7) is 0. The number of anilines is 2. The molecule has 0 heterocycles. The third-order valence-corrected chi connectivity index (χ3v) is 4.84. The van der Waals surface area contributed by atoms with Gasteiger partial charge in [0.2, 0.25) is 5.91 Å². The minimum atomic E-state index is -0.575. The zero-order chi connectivity index (χ0) is 23.8. The van der Waals surface area contributed by atoms with Crippen LogP contribution in [0, 0.1) is 5.82 Å². The molecule has 9 heteroatoms. The largest absolute Gasteiger partial charge is 0.496 e. The summed E-state index contributed by atoms with van der Waals surface area (Å²) < 4.78 is 18.5. The van der Waals surface area contributed by atoms with E-state index in [2.05, 4.69) is 16.0 Å². The second-order valence-electron chi connectivity index (χ2n) is 6.68. The highest BCUT2D eigenvalue weighted by Gasteiger charge is 2.10. The van der Waals surface area contributed by atoms with Crippen LogP contribution < -0.4 is 20.7 Å². The van der Waals surface area contributed by atoms with Gasteiger partial charge in [-0.3, -0.25) is 14.9 Å². The number of carbonyl (C=O) groups excluding carboxylic acids is 2. The number of hydrogen-bond donors (Lipinski definition) is 3. The summed E-state index contributed by atoms with van der Waals surface area (Å²) in [4.78, 5) is 24.7. The first kappa shape index (κ1) is 23.9. The second kappa shape index (κ2) is 11.2. The van der Waals surface area contributed by atoms with E-state index in [9.17, 15) is 14.0 Å². The van der Waals surface area contributed by atoms with E-state index in [1.807, 2.05) is 18.2 Å². The zero-order valence-electron chi connectivity index (χ0n) is 17.4. The van der Waals surface area contributed by atoms with Crippen LogP contribution in [0.1, 0.15) is 15.9 Å². The molecule has 3 rings (SSSR count). The lowest BCUT2D eigenvalue weighted by molar-refractivity contribution is -0.115. The summed E-state index contributed by atoms with van der Waals surface area (Å²) in [6, 6.07) is 17.7. The number of carbonyl (C=O) groups is 2. The predicted octanol–water partition coefficient (Wildman–Crippen LogP) is 5.27. The van der Waals surface area contributed by atoms with Crippen LogP contribution in [0.25, 0.3) is 6.08 Å². The highest BCUT2D eigenvalue weighted by atomic mass is 35.5. The number of amides is 2. The quantitative estimate of drug-likeness (QED) is 0.329. The molecule has 3 aromatic carbocycles. The SMILES string of the molecule is COc1ccccc1/C=C/C(=O)NC(=S)Nc1cccc(C(=O)Nc2ccc(F)c(Cl)c2)c1. The summed E-state index contributed by atoms with van der Waals surface area (Å²) in [7, 11) is 1.55. The van der Waals surface area contributed by atoms with Crippen molar-refractivity contribution in [2.75, 3.05) is 17.7 Å². The second-order valence-corrected chi connectivity index (χ2v) is 7.50. The van der Waals surface area contributed by atoms with Gasteiger partial charge in [0.1, 0.15) is 11.6 Å². The number of methoxy groups -OCH3 is 1. The third kappa shape index (κ3) is 6.86. The number of rotatable bonds is 6. The standard InChI is InChI=1S/C24H19ClFN3O3S/c1-32-21-8-3-2-5-15(21)9-12-22(30)29-24(33)28-17-7-4-6-16(13-17)23(31)27-18-10-11-20(26)19(25)14-18/h2-14H,1H3,(H,27,31)(H2,28,29,30,33)/b12-9+. The molecule has 0 atom stereocenters. The minimum Gasteiger partial charge on any atom is -0.496 e. The van der Waals surface area contributed by atoms with Crippen LogP contribution >= 0.6 is 23.8 Å². The molecule has 3 N–H and O–H groups in total. The van der Waals surface area contributed by atoms with Gasteiger partial charge in [0.15, 0.2) is 5.11 Å². The van der Waals surface area contributed by atoms with Gasteiger partial charge in [0.25, 0.3) is 5.91 Å². The van der Waals surface area contributed by atoms with Gasteiger partial charge in [0.05, 0.1) is 12.1 Å². The summed E-state index contributed by atoms with van der Waals surface area (Å²) in [5.41, 5.74) is 1.93. The molecule has 0 saturated heterocycles. The Morgan fingerprint density at radius 1 is 1.00 bits per heavy atom. The molecule has 0 aliphatic rings. The van der Waals surface area contributed by atoms with Gasteiger partial charge in [0, 0.05) is 28.6 Å². The van der Waals surface area contributed by atoms with Gasteiger partial charge in [-0.05, 0) is 60.8 Å². The lowest BCUT2D eigenvalue weighted by Crippen LogP contribution is -2.32. The number of nitrogens with one attached hydrogen (secondary N) is 3. The van der Waals surface area contributed by atoms with E-state index >= 15 is 0 Å². The summed E-state index contributed by atoms with van der Waals surface area (Å²) in [5.74, 6) is -0.786. The maximum absolute atomic E-state index is 13.3. The molecule has 0 aromatic heterocycles. The molecule has 6 nitrogen and oxygen atoms in total. The highest BCUT2D eigenvalue weighted by Crippen LogP contribution is 2.21. The number of benzene rings is 3. The number of hydrogen-bond acceptors (Lipinski definition) is 4. The molecule has 0 spiro atoms. The van der Waals surface area contributed by atoms with Crippen molar-refractivity contribution in [3.05, 3.63) is 94.8 Å². The Bertz CT molecular complexity index is 1230. The van der Waals surface area contributed by atoms with Crippen LogP contribution in [0.15, 0.2) is 72.8 Å². The van der Waals surface area contributed by atoms with Crippen LogP contribution in [-0.4, -0.2) is 24.0 Å². The molecule has 2 amide bonds. The Morgan fingerprint density at radius 2 is 1.76 bits per heavy atom. The topological polar surface area (TPSA) is 79.5 Å². The van der Waals surface area contributed by atoms with Crippen molar-refractivity contribution < 1.29 is 18.7 Å². The van der Waals surface area contributed by atoms with Crippen LogP contribution in [0.2, 0.25) is 5.02 Å². The molecule has 168 valence electrons. The Hall–Kier alpha value is -3.75. The average molecular weight is 484 g/mol. The highest BCUT2D eigenvalue weighted by molar-refractivity contribution is 7.80. The maximum atomic E-state index is 13.3. The van der Waals surface area contributed by atoms with Crippen molar-refractivity contribution in [2.24, 2.45) is 0 Å².